The highest BCUT2D eigenvalue weighted by atomic mass is 16.7. The number of fused-ring (bicyclic) bond motifs is 8. The summed E-state index contributed by atoms with van der Waals surface area (Å²) in [6.45, 7) is -1.88. The van der Waals surface area contributed by atoms with E-state index in [2.05, 4.69) is 9.97 Å². The normalized spacial score (nSPS) is 28.5. The van der Waals surface area contributed by atoms with Crippen LogP contribution in [0.2, 0.25) is 0 Å². The SMILES string of the molecule is OC[C@H]1O[C@@H](Oc2ccc(-c3c4nc(c(-c5ccc(O[C@@H]6O[C@H](CO)[C@@H](O)[C@H](O)[C@H]6O)cc5)c5ccc([nH]5)c(-c5ccc(O[C@@H]6O[C@H](CO)[C@@H](O)[C@H](O)[C@H]6O)cc5)c5nc(c(-c6ccccc6)c6ccc3[nH]6)C=C5)C=C4)cc2)[C@H](O)[C@@H](O)[C@@H]1O. The van der Waals surface area contributed by atoms with Crippen LogP contribution in [0.4, 0.5) is 0 Å². The van der Waals surface area contributed by atoms with Crippen LogP contribution in [-0.2, 0) is 14.2 Å². The molecule has 8 bridgehead atoms. The van der Waals surface area contributed by atoms with E-state index in [1.54, 1.807) is 72.8 Å². The van der Waals surface area contributed by atoms with Crippen molar-refractivity contribution < 1.29 is 89.7 Å². The van der Waals surface area contributed by atoms with E-state index in [4.69, 9.17) is 38.4 Å². The maximum atomic E-state index is 10.8. The van der Waals surface area contributed by atoms with Crippen LogP contribution in [0.5, 0.6) is 17.2 Å². The van der Waals surface area contributed by atoms with Gasteiger partial charge in [0.05, 0.1) is 42.6 Å². The molecule has 7 aromatic rings. The zero-order valence-corrected chi connectivity index (χ0v) is 44.4. The number of nitrogens with zero attached hydrogens (tertiary/aromatic N) is 2. The van der Waals surface area contributed by atoms with Crippen LogP contribution in [0, 0.1) is 0 Å². The first-order chi connectivity index (χ1) is 40.7. The molecule has 4 aromatic carbocycles. The molecule has 5 aliphatic heterocycles. The lowest BCUT2D eigenvalue weighted by Gasteiger charge is -2.39. The fourth-order valence-corrected chi connectivity index (χ4v) is 11.0. The van der Waals surface area contributed by atoms with Crippen molar-refractivity contribution in [3.8, 4) is 61.8 Å². The minimum Gasteiger partial charge on any atom is -0.462 e. The van der Waals surface area contributed by atoms with Crippen LogP contribution in [0.3, 0.4) is 0 Å². The number of hydrogen-bond donors (Lipinski definition) is 14. The molecule has 0 unspecified atom stereocenters. The monoisotopic (exact) mass is 1150 g/mol. The number of H-pyrrole nitrogens is 2. The molecular weight excluding hydrogens is 1090 g/mol. The largest absolute Gasteiger partial charge is 0.462 e. The molecule has 0 aliphatic carbocycles. The summed E-state index contributed by atoms with van der Waals surface area (Å²) >= 11 is 0. The Morgan fingerprint density at radius 3 is 0.845 bits per heavy atom. The first-order valence-electron chi connectivity index (χ1n) is 27.1. The molecule has 0 radical (unpaired) electrons. The molecule has 436 valence electrons. The van der Waals surface area contributed by atoms with E-state index in [9.17, 15) is 61.3 Å². The molecule has 3 aromatic heterocycles. The summed E-state index contributed by atoms with van der Waals surface area (Å²) in [6, 6.07) is 38.2. The second-order valence-corrected chi connectivity index (χ2v) is 20.9. The smallest absolute Gasteiger partial charge is 0.229 e. The Morgan fingerprint density at radius 1 is 0.321 bits per heavy atom. The van der Waals surface area contributed by atoms with Gasteiger partial charge in [-0.2, -0.15) is 0 Å². The number of ether oxygens (including phenoxy) is 6. The third kappa shape index (κ3) is 10.8. The third-order valence-corrected chi connectivity index (χ3v) is 15.5. The van der Waals surface area contributed by atoms with Crippen molar-refractivity contribution in [1.29, 1.82) is 0 Å². The maximum absolute atomic E-state index is 10.8. The lowest BCUT2D eigenvalue weighted by atomic mass is 9.99. The average molecular weight is 1150 g/mol. The number of aliphatic hydroxyl groups excluding tert-OH is 12. The summed E-state index contributed by atoms with van der Waals surface area (Å²) in [5.74, 6) is 0.740. The van der Waals surface area contributed by atoms with E-state index in [1.165, 1.54) is 0 Å². The van der Waals surface area contributed by atoms with Crippen molar-refractivity contribution in [2.45, 2.75) is 92.1 Å². The molecular formula is C62H60N4O18. The molecule has 0 saturated carbocycles. The Bertz CT molecular complexity index is 3640. The van der Waals surface area contributed by atoms with Gasteiger partial charge in [0.2, 0.25) is 18.9 Å². The Labute approximate surface area is 478 Å². The fraction of sp³-hybridized carbons (Fsp3) is 0.290. The van der Waals surface area contributed by atoms with E-state index in [0.717, 1.165) is 16.6 Å². The van der Waals surface area contributed by atoms with Gasteiger partial charge in [-0.05, 0) is 107 Å². The molecule has 22 nitrogen and oxygen atoms in total. The molecule has 3 fully saturated rings. The van der Waals surface area contributed by atoms with Gasteiger partial charge in [-0.1, -0.05) is 66.7 Å². The third-order valence-electron chi connectivity index (χ3n) is 15.5. The summed E-state index contributed by atoms with van der Waals surface area (Å²) in [5.41, 5.74) is 10.6. The number of nitrogens with one attached hydrogen (secondary N) is 2. The lowest BCUT2D eigenvalue weighted by molar-refractivity contribution is -0.277. The minimum atomic E-state index is -1.65. The Morgan fingerprint density at radius 2 is 0.583 bits per heavy atom. The zero-order valence-electron chi connectivity index (χ0n) is 44.4. The van der Waals surface area contributed by atoms with Crippen molar-refractivity contribution >= 4 is 46.4 Å². The summed E-state index contributed by atoms with van der Waals surface area (Å²) < 4.78 is 34.9. The van der Waals surface area contributed by atoms with E-state index in [0.29, 0.717) is 72.7 Å². The van der Waals surface area contributed by atoms with E-state index < -0.39 is 112 Å². The van der Waals surface area contributed by atoms with Crippen LogP contribution >= 0.6 is 0 Å². The van der Waals surface area contributed by atoms with Crippen molar-refractivity contribution in [3.05, 3.63) is 150 Å². The Kier molecular flexibility index (Phi) is 16.0. The Balaban J connectivity index is 1.03. The zero-order chi connectivity index (χ0) is 58.5. The predicted molar refractivity (Wildman–Crippen MR) is 304 cm³/mol. The molecule has 3 saturated heterocycles. The van der Waals surface area contributed by atoms with Gasteiger partial charge < -0.3 is 99.7 Å². The highest BCUT2D eigenvalue weighted by molar-refractivity contribution is 6.00. The summed E-state index contributed by atoms with van der Waals surface area (Å²) in [6.07, 6.45) is -14.7. The number of rotatable bonds is 13. The number of aliphatic hydroxyl groups is 12. The van der Waals surface area contributed by atoms with Crippen LogP contribution in [0.15, 0.2) is 127 Å². The van der Waals surface area contributed by atoms with Gasteiger partial charge >= 0.3 is 0 Å². The first-order valence-corrected chi connectivity index (χ1v) is 27.1. The summed E-state index contributed by atoms with van der Waals surface area (Å²) in [4.78, 5) is 18.0. The predicted octanol–water partition coefficient (Wildman–Crippen LogP) is 2.86. The van der Waals surface area contributed by atoms with Crippen LogP contribution in [-0.4, -0.2) is 193 Å². The molecule has 5 aliphatic rings. The number of aromatic amines is 2. The lowest BCUT2D eigenvalue weighted by Crippen LogP contribution is -2.60. The topological polar surface area (TPSA) is 356 Å². The first kappa shape index (κ1) is 56.7. The van der Waals surface area contributed by atoms with Gasteiger partial charge in [0.25, 0.3) is 0 Å². The van der Waals surface area contributed by atoms with Gasteiger partial charge in [0.1, 0.15) is 90.5 Å². The van der Waals surface area contributed by atoms with Gasteiger partial charge in [-0.3, -0.25) is 0 Å². The fourth-order valence-electron chi connectivity index (χ4n) is 11.0. The quantitative estimate of drug-likeness (QED) is 0.0789. The van der Waals surface area contributed by atoms with Crippen molar-refractivity contribution in [2.75, 3.05) is 19.8 Å². The molecule has 22 heteroatoms. The molecule has 12 rings (SSSR count). The molecule has 0 spiro atoms. The van der Waals surface area contributed by atoms with Crippen LogP contribution < -0.4 is 14.2 Å². The second-order valence-electron chi connectivity index (χ2n) is 20.9. The van der Waals surface area contributed by atoms with E-state index >= 15 is 0 Å². The number of benzene rings is 4. The summed E-state index contributed by atoms with van der Waals surface area (Å²) in [5, 5.41) is 124. The minimum absolute atomic E-state index is 0.233. The molecule has 0 amide bonds. The van der Waals surface area contributed by atoms with Gasteiger partial charge in [0, 0.05) is 44.3 Å². The highest BCUT2D eigenvalue weighted by Gasteiger charge is 2.47. The maximum Gasteiger partial charge on any atom is 0.229 e. The van der Waals surface area contributed by atoms with Crippen LogP contribution in [0.1, 0.15) is 22.8 Å². The van der Waals surface area contributed by atoms with Crippen molar-refractivity contribution in [3.63, 3.8) is 0 Å². The van der Waals surface area contributed by atoms with Crippen molar-refractivity contribution in [2.24, 2.45) is 0 Å². The molecule has 14 N–H and O–H groups in total. The highest BCUT2D eigenvalue weighted by Crippen LogP contribution is 2.40. The van der Waals surface area contributed by atoms with Crippen molar-refractivity contribution in [1.82, 2.24) is 19.9 Å². The summed E-state index contributed by atoms with van der Waals surface area (Å²) in [7, 11) is 0. The van der Waals surface area contributed by atoms with E-state index in [-0.39, 0.29) is 17.2 Å². The standard InChI is InChI=1S/C62H60N4O18/c67-26-44-51(70)54(73)57(76)60(82-44)79-33-12-6-30(7-13-33)48-38-20-18-36(63-38)47(29-4-2-1-3-5-29)37-19-21-39(64-37)49(31-8-14-34(15-9-31)80-61-58(77)55(74)52(71)45(27-68)83-61)41-23-25-43(66-41)50(42-24-22-40(48)65-42)32-10-16-35(17-11-32)81-62-59(78)56(75)53(72)46(28-69)84-62/h1-25,44-46,51-63,66-78H,26-28H2/t44-,45-,46-,51-,52-,53-,54+,55+,56+,57-,58-,59-,60-,61-,62-/m1/s1. The average Bonchev–Trinajstić information content (AvgIpc) is 4.57. The van der Waals surface area contributed by atoms with Crippen LogP contribution in [0.25, 0.3) is 90.9 Å². The van der Waals surface area contributed by atoms with Gasteiger partial charge in [0.15, 0.2) is 0 Å². The number of hydrogen-bond acceptors (Lipinski definition) is 20. The molecule has 8 heterocycles. The number of aromatic nitrogens is 4. The van der Waals surface area contributed by atoms with Gasteiger partial charge in [-0.25, -0.2) is 9.97 Å². The molecule has 84 heavy (non-hydrogen) atoms. The Hall–Kier alpha value is -7.72. The molecule has 15 atom stereocenters. The second kappa shape index (κ2) is 23.7. The van der Waals surface area contributed by atoms with E-state index in [1.807, 2.05) is 78.9 Å². The van der Waals surface area contributed by atoms with Gasteiger partial charge in [-0.15, -0.1) is 0 Å².